The molecule has 0 aliphatic heterocycles. The van der Waals surface area contributed by atoms with E-state index < -0.39 is 11.6 Å². The lowest BCUT2D eigenvalue weighted by Crippen LogP contribution is -2.35. The highest BCUT2D eigenvalue weighted by molar-refractivity contribution is 5.51. The van der Waals surface area contributed by atoms with E-state index in [1.165, 1.54) is 12.1 Å². The largest absolute Gasteiger partial charge is 0.364 e. The molecule has 0 spiro atoms. The lowest BCUT2D eigenvalue weighted by atomic mass is 10.1. The molecule has 0 heterocycles. The van der Waals surface area contributed by atoms with Gasteiger partial charge in [0.15, 0.2) is 0 Å². The summed E-state index contributed by atoms with van der Waals surface area (Å²) < 4.78 is 28.0. The average molecular weight is 256 g/mol. The third-order valence-electron chi connectivity index (χ3n) is 2.78. The Hall–Kier alpha value is -1.16. The molecule has 0 atom stereocenters. The van der Waals surface area contributed by atoms with Crippen molar-refractivity contribution in [1.82, 2.24) is 0 Å². The molecular formula is C14H22F2N2. The zero-order chi connectivity index (χ0) is 13.9. The molecule has 18 heavy (non-hydrogen) atoms. The zero-order valence-corrected chi connectivity index (χ0v) is 11.5. The van der Waals surface area contributed by atoms with Crippen LogP contribution < -0.4 is 10.6 Å². The maximum absolute atomic E-state index is 14.0. The molecule has 0 saturated heterocycles. The van der Waals surface area contributed by atoms with Gasteiger partial charge in [-0.1, -0.05) is 13.8 Å². The molecule has 2 nitrogen and oxygen atoms in total. The number of hydrogen-bond donors (Lipinski definition) is 1. The van der Waals surface area contributed by atoms with Crippen LogP contribution in [0.1, 0.15) is 33.3 Å². The quantitative estimate of drug-likeness (QED) is 0.876. The van der Waals surface area contributed by atoms with Crippen LogP contribution in [0.4, 0.5) is 14.5 Å². The van der Waals surface area contributed by atoms with Crippen molar-refractivity contribution in [3.05, 3.63) is 29.3 Å². The molecule has 0 aliphatic carbocycles. The summed E-state index contributed by atoms with van der Waals surface area (Å²) in [7, 11) is 0. The summed E-state index contributed by atoms with van der Waals surface area (Å²) in [6, 6.07) is 2.67. The highest BCUT2D eigenvalue weighted by Crippen LogP contribution is 2.27. The third-order valence-corrected chi connectivity index (χ3v) is 2.78. The highest BCUT2D eigenvalue weighted by atomic mass is 19.1. The Morgan fingerprint density at radius 1 is 1.11 bits per heavy atom. The predicted molar refractivity (Wildman–Crippen MR) is 71.6 cm³/mol. The second-order valence-electron chi connectivity index (χ2n) is 5.25. The Bertz CT molecular complexity index is 380. The van der Waals surface area contributed by atoms with Gasteiger partial charge >= 0.3 is 0 Å². The van der Waals surface area contributed by atoms with Crippen LogP contribution in [0.25, 0.3) is 0 Å². The predicted octanol–water partition coefficient (Wildman–Crippen LogP) is 3.29. The van der Waals surface area contributed by atoms with Crippen LogP contribution in [0.2, 0.25) is 0 Å². The normalized spacial score (nSPS) is 11.4. The van der Waals surface area contributed by atoms with E-state index in [1.54, 1.807) is 4.90 Å². The number of benzene rings is 1. The molecule has 0 fully saturated rings. The first-order valence-electron chi connectivity index (χ1n) is 6.31. The lowest BCUT2D eigenvalue weighted by molar-refractivity contribution is 0.522. The number of nitrogens with two attached hydrogens (primary N) is 1. The number of nitrogens with zero attached hydrogens (tertiary/aromatic N) is 1. The third kappa shape index (κ3) is 3.42. The molecule has 0 amide bonds. The smallest absolute Gasteiger partial charge is 0.149 e. The maximum Gasteiger partial charge on any atom is 0.149 e. The van der Waals surface area contributed by atoms with E-state index in [1.807, 2.05) is 27.7 Å². The molecule has 0 aliphatic rings. The van der Waals surface area contributed by atoms with Crippen molar-refractivity contribution < 1.29 is 8.78 Å². The Morgan fingerprint density at radius 3 is 1.94 bits per heavy atom. The van der Waals surface area contributed by atoms with E-state index in [9.17, 15) is 8.78 Å². The van der Waals surface area contributed by atoms with Gasteiger partial charge in [0.1, 0.15) is 17.3 Å². The summed E-state index contributed by atoms with van der Waals surface area (Å²) in [4.78, 5) is 1.76. The fourth-order valence-electron chi connectivity index (χ4n) is 1.96. The van der Waals surface area contributed by atoms with Crippen molar-refractivity contribution in [3.63, 3.8) is 0 Å². The minimum Gasteiger partial charge on any atom is -0.364 e. The van der Waals surface area contributed by atoms with Gasteiger partial charge in [-0.05, 0) is 37.5 Å². The van der Waals surface area contributed by atoms with E-state index in [4.69, 9.17) is 5.73 Å². The van der Waals surface area contributed by atoms with Crippen molar-refractivity contribution in [2.24, 2.45) is 11.7 Å². The number of rotatable bonds is 5. The SMILES string of the molecule is CC(C)CN(c1c(F)cc(CN)cc1F)C(C)C. The summed E-state index contributed by atoms with van der Waals surface area (Å²) in [6.45, 7) is 8.67. The topological polar surface area (TPSA) is 29.3 Å². The molecule has 0 saturated carbocycles. The second kappa shape index (κ2) is 6.14. The fraction of sp³-hybridized carbons (Fsp3) is 0.571. The van der Waals surface area contributed by atoms with Gasteiger partial charge in [-0.15, -0.1) is 0 Å². The Morgan fingerprint density at radius 2 is 1.61 bits per heavy atom. The fourth-order valence-corrected chi connectivity index (χ4v) is 1.96. The van der Waals surface area contributed by atoms with Crippen LogP contribution in [0, 0.1) is 17.6 Å². The van der Waals surface area contributed by atoms with Crippen LogP contribution in [-0.4, -0.2) is 12.6 Å². The molecule has 1 aromatic carbocycles. The molecule has 0 aromatic heterocycles. The zero-order valence-electron chi connectivity index (χ0n) is 11.5. The lowest BCUT2D eigenvalue weighted by Gasteiger charge is -2.31. The molecule has 0 bridgehead atoms. The Kier molecular flexibility index (Phi) is 5.08. The minimum atomic E-state index is -0.537. The molecule has 0 radical (unpaired) electrons. The number of halogens is 2. The highest BCUT2D eigenvalue weighted by Gasteiger charge is 2.20. The molecule has 2 N–H and O–H groups in total. The van der Waals surface area contributed by atoms with E-state index in [0.29, 0.717) is 18.0 Å². The minimum absolute atomic E-state index is 0.0418. The Balaban J connectivity index is 3.19. The summed E-state index contributed by atoms with van der Waals surface area (Å²) in [5.74, 6) is -0.741. The summed E-state index contributed by atoms with van der Waals surface area (Å²) in [6.07, 6.45) is 0. The van der Waals surface area contributed by atoms with Crippen LogP contribution in [0.5, 0.6) is 0 Å². The standard InChI is InChI=1S/C14H22F2N2/c1-9(2)8-18(10(3)4)14-12(15)5-11(7-17)6-13(14)16/h5-6,9-10H,7-8,17H2,1-4H3. The molecule has 0 unspecified atom stereocenters. The van der Waals surface area contributed by atoms with Crippen LogP contribution >= 0.6 is 0 Å². The van der Waals surface area contributed by atoms with Crippen molar-refractivity contribution in [2.75, 3.05) is 11.4 Å². The van der Waals surface area contributed by atoms with Crippen LogP contribution in [0.3, 0.4) is 0 Å². The van der Waals surface area contributed by atoms with E-state index in [-0.39, 0.29) is 18.3 Å². The molecular weight excluding hydrogens is 234 g/mol. The van der Waals surface area contributed by atoms with Crippen molar-refractivity contribution >= 4 is 5.69 Å². The van der Waals surface area contributed by atoms with E-state index >= 15 is 0 Å². The number of hydrogen-bond acceptors (Lipinski definition) is 2. The summed E-state index contributed by atoms with van der Waals surface area (Å²) in [5, 5.41) is 0. The first kappa shape index (κ1) is 14.9. The van der Waals surface area contributed by atoms with Gasteiger partial charge in [0.2, 0.25) is 0 Å². The molecule has 102 valence electrons. The first-order valence-corrected chi connectivity index (χ1v) is 6.31. The monoisotopic (exact) mass is 256 g/mol. The van der Waals surface area contributed by atoms with Crippen molar-refractivity contribution in [3.8, 4) is 0 Å². The van der Waals surface area contributed by atoms with Crippen molar-refractivity contribution in [2.45, 2.75) is 40.3 Å². The van der Waals surface area contributed by atoms with Gasteiger partial charge in [-0.3, -0.25) is 0 Å². The van der Waals surface area contributed by atoms with Gasteiger partial charge in [-0.2, -0.15) is 0 Å². The van der Waals surface area contributed by atoms with Gasteiger partial charge < -0.3 is 10.6 Å². The summed E-state index contributed by atoms with van der Waals surface area (Å²) in [5.41, 5.74) is 5.93. The van der Waals surface area contributed by atoms with Gasteiger partial charge in [-0.25, -0.2) is 8.78 Å². The Labute approximate surface area is 108 Å². The molecule has 4 heteroatoms. The van der Waals surface area contributed by atoms with Crippen LogP contribution in [0.15, 0.2) is 12.1 Å². The first-order chi connectivity index (χ1) is 8.36. The van der Waals surface area contributed by atoms with E-state index in [0.717, 1.165) is 0 Å². The van der Waals surface area contributed by atoms with Crippen LogP contribution in [-0.2, 0) is 6.54 Å². The summed E-state index contributed by atoms with van der Waals surface area (Å²) >= 11 is 0. The maximum atomic E-state index is 14.0. The number of anilines is 1. The second-order valence-corrected chi connectivity index (χ2v) is 5.25. The molecule has 1 rings (SSSR count). The van der Waals surface area contributed by atoms with Crippen molar-refractivity contribution in [1.29, 1.82) is 0 Å². The average Bonchev–Trinajstić information content (AvgIpc) is 2.25. The van der Waals surface area contributed by atoms with Gasteiger partial charge in [0.25, 0.3) is 0 Å². The van der Waals surface area contributed by atoms with E-state index in [2.05, 4.69) is 0 Å². The van der Waals surface area contributed by atoms with Gasteiger partial charge in [0, 0.05) is 19.1 Å². The van der Waals surface area contributed by atoms with Gasteiger partial charge in [0.05, 0.1) is 0 Å². The molecule has 1 aromatic rings.